The standard InChI is InChI=1S/C14H19O4PS/c1-11(9-13(15)14(16)17)7-8-19(18)10-20-12-5-3-2-4-6-12/h2-6,11,13,15H,7-10H2,1H3/p+1. The number of aliphatic hydroxyl groups excluding tert-OH is 1. The number of thioether (sulfide) groups is 1. The molecule has 0 bridgehead atoms. The van der Waals surface area contributed by atoms with Crippen LogP contribution in [0.1, 0.15) is 19.8 Å². The molecule has 1 rings (SSSR count). The maximum Gasteiger partial charge on any atom is 0.349 e. The fourth-order valence-corrected chi connectivity index (χ4v) is 4.46. The fourth-order valence-electron chi connectivity index (χ4n) is 1.69. The zero-order valence-corrected chi connectivity index (χ0v) is 13.1. The van der Waals surface area contributed by atoms with Crippen LogP contribution in [-0.4, -0.2) is 33.9 Å². The van der Waals surface area contributed by atoms with Crippen LogP contribution in [0.2, 0.25) is 0 Å². The van der Waals surface area contributed by atoms with E-state index in [4.69, 9.17) is 5.11 Å². The summed E-state index contributed by atoms with van der Waals surface area (Å²) in [5, 5.41) is 17.8. The number of benzene rings is 1. The highest BCUT2D eigenvalue weighted by Gasteiger charge is 2.21. The van der Waals surface area contributed by atoms with E-state index in [9.17, 15) is 14.5 Å². The van der Waals surface area contributed by atoms with E-state index in [1.54, 1.807) is 11.8 Å². The SMILES string of the molecule is CC(CC[P+](=O)CSc1ccccc1)CC(O)C(=O)O. The molecule has 0 radical (unpaired) electrons. The van der Waals surface area contributed by atoms with Gasteiger partial charge in [-0.2, -0.15) is 0 Å². The number of carbonyl (C=O) groups is 1. The highest BCUT2D eigenvalue weighted by Crippen LogP contribution is 2.33. The predicted octanol–water partition coefficient (Wildman–Crippen LogP) is 3.43. The minimum Gasteiger partial charge on any atom is -0.479 e. The van der Waals surface area contributed by atoms with Crippen LogP contribution < -0.4 is 0 Å². The number of hydrogen-bond donors (Lipinski definition) is 2. The maximum absolute atomic E-state index is 11.9. The van der Waals surface area contributed by atoms with Gasteiger partial charge in [-0.15, -0.1) is 0 Å². The second-order valence-corrected chi connectivity index (χ2v) is 7.98. The van der Waals surface area contributed by atoms with Crippen molar-refractivity contribution in [2.24, 2.45) is 5.92 Å². The van der Waals surface area contributed by atoms with Crippen molar-refractivity contribution in [1.82, 2.24) is 0 Å². The van der Waals surface area contributed by atoms with Gasteiger partial charge in [-0.05, 0) is 30.9 Å². The molecule has 20 heavy (non-hydrogen) atoms. The molecule has 6 heteroatoms. The smallest absolute Gasteiger partial charge is 0.349 e. The molecule has 0 saturated heterocycles. The molecular formula is C14H20O4PS+. The van der Waals surface area contributed by atoms with Crippen molar-refractivity contribution in [3.63, 3.8) is 0 Å². The third kappa shape index (κ3) is 7.04. The zero-order chi connectivity index (χ0) is 15.0. The van der Waals surface area contributed by atoms with Gasteiger partial charge in [-0.25, -0.2) is 4.79 Å². The molecule has 0 aliphatic carbocycles. The van der Waals surface area contributed by atoms with E-state index < -0.39 is 19.9 Å². The number of aliphatic carboxylic acids is 1. The van der Waals surface area contributed by atoms with Gasteiger partial charge in [0.1, 0.15) is 6.16 Å². The Labute approximate surface area is 124 Å². The topological polar surface area (TPSA) is 74.6 Å². The lowest BCUT2D eigenvalue weighted by Gasteiger charge is -2.10. The number of carboxylic acids is 1. The van der Waals surface area contributed by atoms with Crippen molar-refractivity contribution >= 4 is 25.5 Å². The average Bonchev–Trinajstić information content (AvgIpc) is 2.43. The lowest BCUT2D eigenvalue weighted by atomic mass is 10.0. The molecule has 4 nitrogen and oxygen atoms in total. The summed E-state index contributed by atoms with van der Waals surface area (Å²) in [6.07, 6.45) is 0.142. The van der Waals surface area contributed by atoms with E-state index >= 15 is 0 Å². The zero-order valence-electron chi connectivity index (χ0n) is 11.4. The first-order valence-electron chi connectivity index (χ1n) is 6.50. The highest BCUT2D eigenvalue weighted by atomic mass is 32.2. The molecule has 0 aromatic heterocycles. The normalized spacial score (nSPS) is 14.6. The van der Waals surface area contributed by atoms with Crippen LogP contribution in [0.3, 0.4) is 0 Å². The Kier molecular flexibility index (Phi) is 7.82. The van der Waals surface area contributed by atoms with Gasteiger partial charge in [0.05, 0.1) is 0 Å². The second-order valence-electron chi connectivity index (χ2n) is 4.78. The Bertz CT molecular complexity index is 438. The molecule has 1 aromatic rings. The lowest BCUT2D eigenvalue weighted by Crippen LogP contribution is -2.22. The molecule has 110 valence electrons. The van der Waals surface area contributed by atoms with E-state index in [2.05, 4.69) is 0 Å². The Morgan fingerprint density at radius 1 is 1.35 bits per heavy atom. The molecule has 0 saturated carbocycles. The van der Waals surface area contributed by atoms with Gasteiger partial charge in [0.2, 0.25) is 0 Å². The number of hydrogen-bond acceptors (Lipinski definition) is 4. The monoisotopic (exact) mass is 315 g/mol. The molecule has 3 atom stereocenters. The third-order valence-electron chi connectivity index (χ3n) is 2.90. The van der Waals surface area contributed by atoms with Gasteiger partial charge in [-0.3, -0.25) is 0 Å². The number of rotatable bonds is 9. The Balaban J connectivity index is 2.21. The molecule has 0 aliphatic rings. The first kappa shape index (κ1) is 17.2. The number of carboxylic acid groups (broad SMARTS) is 1. The van der Waals surface area contributed by atoms with Crippen LogP contribution in [0.15, 0.2) is 35.2 Å². The van der Waals surface area contributed by atoms with Crippen molar-refractivity contribution < 1.29 is 19.6 Å². The second kappa shape index (κ2) is 9.11. The summed E-state index contributed by atoms with van der Waals surface area (Å²) < 4.78 is 11.9. The van der Waals surface area contributed by atoms with Crippen LogP contribution in [0.4, 0.5) is 0 Å². The Hall–Kier alpha value is -0.900. The summed E-state index contributed by atoms with van der Waals surface area (Å²) in [4.78, 5) is 11.6. The molecule has 0 heterocycles. The first-order valence-corrected chi connectivity index (χ1v) is 9.11. The van der Waals surface area contributed by atoms with Crippen LogP contribution in [0, 0.1) is 5.92 Å². The minimum absolute atomic E-state index is 0.0572. The van der Waals surface area contributed by atoms with Crippen LogP contribution in [0.5, 0.6) is 0 Å². The summed E-state index contributed by atoms with van der Waals surface area (Å²) in [5.74, 6) is -1.14. The van der Waals surface area contributed by atoms with Crippen molar-refractivity contribution in [1.29, 1.82) is 0 Å². The summed E-state index contributed by atoms with van der Waals surface area (Å²) in [7, 11) is -1.29. The van der Waals surface area contributed by atoms with E-state index in [1.165, 1.54) is 0 Å². The van der Waals surface area contributed by atoms with E-state index in [0.717, 1.165) is 4.90 Å². The summed E-state index contributed by atoms with van der Waals surface area (Å²) in [6.45, 7) is 1.87. The molecule has 0 fully saturated rings. The van der Waals surface area contributed by atoms with Crippen molar-refractivity contribution in [3.05, 3.63) is 30.3 Å². The van der Waals surface area contributed by atoms with Crippen LogP contribution in [0.25, 0.3) is 0 Å². The quantitative estimate of drug-likeness (QED) is 0.539. The van der Waals surface area contributed by atoms with Crippen molar-refractivity contribution in [3.8, 4) is 0 Å². The number of aliphatic hydroxyl groups is 1. The molecule has 3 unspecified atom stereocenters. The van der Waals surface area contributed by atoms with Gasteiger partial charge < -0.3 is 10.2 Å². The maximum atomic E-state index is 11.9. The van der Waals surface area contributed by atoms with Gasteiger partial charge in [0, 0.05) is 4.90 Å². The van der Waals surface area contributed by atoms with Crippen molar-refractivity contribution in [2.75, 3.05) is 11.7 Å². The van der Waals surface area contributed by atoms with E-state index in [1.807, 2.05) is 37.3 Å². The van der Waals surface area contributed by atoms with E-state index in [0.29, 0.717) is 18.1 Å². The van der Waals surface area contributed by atoms with Crippen LogP contribution in [-0.2, 0) is 9.36 Å². The molecule has 1 aromatic carbocycles. The molecule has 0 spiro atoms. The van der Waals surface area contributed by atoms with Crippen LogP contribution >= 0.6 is 19.6 Å². The van der Waals surface area contributed by atoms with Crippen molar-refractivity contribution in [2.45, 2.75) is 30.8 Å². The molecule has 2 N–H and O–H groups in total. The fraction of sp³-hybridized carbons (Fsp3) is 0.500. The summed E-state index contributed by atoms with van der Waals surface area (Å²) >= 11 is 1.57. The summed E-state index contributed by atoms with van der Waals surface area (Å²) in [5.41, 5.74) is 0.577. The largest absolute Gasteiger partial charge is 0.479 e. The Morgan fingerprint density at radius 2 is 2.00 bits per heavy atom. The first-order chi connectivity index (χ1) is 9.49. The third-order valence-corrected chi connectivity index (χ3v) is 5.93. The predicted molar refractivity (Wildman–Crippen MR) is 81.7 cm³/mol. The average molecular weight is 315 g/mol. The van der Waals surface area contributed by atoms with Gasteiger partial charge in [-0.1, -0.05) is 41.4 Å². The molecule has 0 amide bonds. The lowest BCUT2D eigenvalue weighted by molar-refractivity contribution is -0.147. The van der Waals surface area contributed by atoms with Gasteiger partial charge in [0.15, 0.2) is 11.6 Å². The molecule has 0 aliphatic heterocycles. The minimum atomic E-state index is -1.32. The van der Waals surface area contributed by atoms with Gasteiger partial charge >= 0.3 is 13.8 Å². The molecular weight excluding hydrogens is 295 g/mol. The van der Waals surface area contributed by atoms with Gasteiger partial charge in [0.25, 0.3) is 0 Å². The highest BCUT2D eigenvalue weighted by molar-refractivity contribution is 8.03. The summed E-state index contributed by atoms with van der Waals surface area (Å²) in [6, 6.07) is 9.81. The Morgan fingerprint density at radius 3 is 2.60 bits per heavy atom. The van der Waals surface area contributed by atoms with E-state index in [-0.39, 0.29) is 12.3 Å².